The topological polar surface area (TPSA) is 49.8 Å². The van der Waals surface area contributed by atoms with Crippen LogP contribution in [0.25, 0.3) is 0 Å². The van der Waals surface area contributed by atoms with E-state index in [2.05, 4.69) is 4.74 Å². The van der Waals surface area contributed by atoms with Crippen LogP contribution in [0.2, 0.25) is 0 Å². The summed E-state index contributed by atoms with van der Waals surface area (Å²) in [6.45, 7) is 3.90. The van der Waals surface area contributed by atoms with Crippen LogP contribution >= 0.6 is 0 Å². The Labute approximate surface area is 137 Å². The third kappa shape index (κ3) is 3.80. The summed E-state index contributed by atoms with van der Waals surface area (Å²) in [6, 6.07) is 5.05. The van der Waals surface area contributed by atoms with Crippen LogP contribution in [0.5, 0.6) is 5.75 Å². The summed E-state index contributed by atoms with van der Waals surface area (Å²) in [7, 11) is 0. The number of amides is 1. The van der Waals surface area contributed by atoms with Crippen molar-refractivity contribution in [1.82, 2.24) is 4.90 Å². The Morgan fingerprint density at radius 1 is 1.42 bits per heavy atom. The van der Waals surface area contributed by atoms with Gasteiger partial charge in [-0.25, -0.2) is 0 Å². The van der Waals surface area contributed by atoms with Crippen LogP contribution in [-0.4, -0.2) is 47.1 Å². The van der Waals surface area contributed by atoms with Gasteiger partial charge in [0.25, 0.3) is 5.91 Å². The number of rotatable bonds is 4. The molecule has 2 atom stereocenters. The highest BCUT2D eigenvalue weighted by Gasteiger charge is 2.45. The van der Waals surface area contributed by atoms with Crippen LogP contribution in [0.1, 0.15) is 30.6 Å². The number of likely N-dealkylation sites (tertiary alicyclic amines) is 1. The first-order valence-electron chi connectivity index (χ1n) is 7.50. The van der Waals surface area contributed by atoms with Gasteiger partial charge in [-0.2, -0.15) is 17.6 Å². The quantitative estimate of drug-likeness (QED) is 0.850. The predicted molar refractivity (Wildman–Crippen MR) is 78.3 cm³/mol. The van der Waals surface area contributed by atoms with Crippen LogP contribution in [-0.2, 0) is 0 Å². The van der Waals surface area contributed by atoms with E-state index in [9.17, 15) is 27.5 Å². The van der Waals surface area contributed by atoms with Gasteiger partial charge >= 0.3 is 12.5 Å². The summed E-state index contributed by atoms with van der Waals surface area (Å²) in [5.74, 6) is -1.42. The molecule has 1 amide bonds. The Kier molecular flexibility index (Phi) is 5.08. The lowest BCUT2D eigenvalue weighted by Gasteiger charge is -2.41. The fraction of sp³-hybridized carbons (Fsp3) is 0.562. The number of benzene rings is 1. The number of aliphatic hydroxyl groups is 1. The lowest BCUT2D eigenvalue weighted by atomic mass is 9.84. The van der Waals surface area contributed by atoms with Crippen molar-refractivity contribution in [3.8, 4) is 5.75 Å². The molecule has 1 fully saturated rings. The minimum Gasteiger partial charge on any atom is -0.427 e. The lowest BCUT2D eigenvalue weighted by Crippen LogP contribution is -2.51. The zero-order chi connectivity index (χ0) is 18.1. The zero-order valence-corrected chi connectivity index (χ0v) is 13.3. The average molecular weight is 349 g/mol. The van der Waals surface area contributed by atoms with E-state index in [0.29, 0.717) is 6.42 Å². The Morgan fingerprint density at radius 2 is 2.04 bits per heavy atom. The molecule has 134 valence electrons. The number of carbonyl (C=O) groups excluding carboxylic acids is 1. The number of nitrogens with zero attached hydrogens (tertiary/aromatic N) is 1. The number of ether oxygens (including phenoxy) is 1. The minimum absolute atomic E-state index is 0.216. The van der Waals surface area contributed by atoms with Crippen molar-refractivity contribution in [1.29, 1.82) is 0 Å². The molecule has 0 saturated carbocycles. The first-order valence-corrected chi connectivity index (χ1v) is 7.50. The largest absolute Gasteiger partial charge is 0.461 e. The molecule has 24 heavy (non-hydrogen) atoms. The van der Waals surface area contributed by atoms with E-state index >= 15 is 0 Å². The van der Waals surface area contributed by atoms with Gasteiger partial charge in [0.15, 0.2) is 0 Å². The summed E-state index contributed by atoms with van der Waals surface area (Å²) in [4.78, 5) is 14.0. The van der Waals surface area contributed by atoms with Crippen LogP contribution in [0, 0.1) is 5.92 Å². The van der Waals surface area contributed by atoms with E-state index < -0.39 is 29.8 Å². The van der Waals surface area contributed by atoms with Crippen molar-refractivity contribution in [2.75, 3.05) is 13.1 Å². The van der Waals surface area contributed by atoms with E-state index in [1.165, 1.54) is 23.1 Å². The molecule has 0 aromatic heterocycles. The van der Waals surface area contributed by atoms with Gasteiger partial charge in [0.05, 0.1) is 11.2 Å². The second-order valence-electron chi connectivity index (χ2n) is 6.22. The van der Waals surface area contributed by atoms with E-state index in [-0.39, 0.29) is 24.6 Å². The second kappa shape index (κ2) is 6.58. The smallest absolute Gasteiger partial charge is 0.427 e. The Morgan fingerprint density at radius 3 is 2.62 bits per heavy atom. The molecule has 4 nitrogen and oxygen atoms in total. The summed E-state index contributed by atoms with van der Waals surface area (Å²) >= 11 is 0. The maximum Gasteiger partial charge on any atom is 0.461 e. The highest BCUT2D eigenvalue weighted by molar-refractivity contribution is 5.97. The molecule has 1 aliphatic rings. The average Bonchev–Trinajstić information content (AvgIpc) is 2.49. The molecule has 8 heteroatoms. The van der Waals surface area contributed by atoms with Crippen LogP contribution < -0.4 is 4.74 Å². The number of hydrogen-bond donors (Lipinski definition) is 1. The summed E-state index contributed by atoms with van der Waals surface area (Å²) in [5.41, 5.74) is -1.14. The number of para-hydroxylation sites is 1. The van der Waals surface area contributed by atoms with Gasteiger partial charge in [-0.1, -0.05) is 19.1 Å². The van der Waals surface area contributed by atoms with Crippen molar-refractivity contribution >= 4 is 5.91 Å². The number of hydrogen-bond acceptors (Lipinski definition) is 3. The minimum atomic E-state index is -4.69. The van der Waals surface area contributed by atoms with Crippen LogP contribution in [0.4, 0.5) is 17.6 Å². The third-order valence-electron chi connectivity index (χ3n) is 4.35. The molecule has 0 bridgehead atoms. The van der Waals surface area contributed by atoms with Crippen molar-refractivity contribution in [2.45, 2.75) is 38.4 Å². The highest BCUT2D eigenvalue weighted by Crippen LogP contribution is 2.32. The van der Waals surface area contributed by atoms with Gasteiger partial charge in [-0.05, 0) is 25.5 Å². The monoisotopic (exact) mass is 349 g/mol. The Hall–Kier alpha value is -1.83. The fourth-order valence-electron chi connectivity index (χ4n) is 2.50. The second-order valence-corrected chi connectivity index (χ2v) is 6.22. The molecule has 0 spiro atoms. The molecule has 0 radical (unpaired) electrons. The van der Waals surface area contributed by atoms with Gasteiger partial charge in [0.1, 0.15) is 5.75 Å². The van der Waals surface area contributed by atoms with Gasteiger partial charge < -0.3 is 14.7 Å². The Bertz CT molecular complexity index is 607. The van der Waals surface area contributed by atoms with E-state index in [1.807, 2.05) is 0 Å². The predicted octanol–water partition coefficient (Wildman–Crippen LogP) is 3.16. The first kappa shape index (κ1) is 18.5. The van der Waals surface area contributed by atoms with Gasteiger partial charge in [0, 0.05) is 19.0 Å². The van der Waals surface area contributed by atoms with Crippen molar-refractivity contribution in [2.24, 2.45) is 5.92 Å². The molecule has 1 saturated heterocycles. The molecule has 1 N–H and O–H groups in total. The molecular formula is C16H19F4NO3. The maximum atomic E-state index is 13.2. The summed E-state index contributed by atoms with van der Waals surface area (Å²) in [6.07, 6.45) is -8.36. The third-order valence-corrected chi connectivity index (χ3v) is 4.35. The van der Waals surface area contributed by atoms with E-state index in [1.54, 1.807) is 13.8 Å². The molecule has 2 rings (SSSR count). The number of halogens is 4. The normalized spacial score (nSPS) is 25.0. The summed E-state index contributed by atoms with van der Waals surface area (Å²) in [5, 5.41) is 10.1. The van der Waals surface area contributed by atoms with Crippen LogP contribution in [0.3, 0.4) is 0 Å². The number of alkyl halides is 4. The maximum absolute atomic E-state index is 13.2. The van der Waals surface area contributed by atoms with Crippen LogP contribution in [0.15, 0.2) is 24.3 Å². The van der Waals surface area contributed by atoms with Gasteiger partial charge in [-0.3, -0.25) is 4.79 Å². The van der Waals surface area contributed by atoms with Crippen molar-refractivity contribution < 1.29 is 32.2 Å². The molecule has 1 heterocycles. The molecule has 0 aliphatic carbocycles. The standard InChI is InChI=1S/C16H19F4NO3/c1-10-9-21(8-7-15(10,2)23)13(22)11-5-3-4-6-12(11)24-16(19,20)14(17)18/h3-6,10,14,23H,7-9H2,1-2H3. The van der Waals surface area contributed by atoms with E-state index in [0.717, 1.165) is 6.07 Å². The molecule has 2 unspecified atom stereocenters. The Balaban J connectivity index is 2.22. The van der Waals surface area contributed by atoms with Crippen molar-refractivity contribution in [3.05, 3.63) is 29.8 Å². The SMILES string of the molecule is CC1CN(C(=O)c2ccccc2OC(F)(F)C(F)F)CCC1(C)O. The number of carbonyl (C=O) groups is 1. The first-order chi connectivity index (χ1) is 11.0. The lowest BCUT2D eigenvalue weighted by molar-refractivity contribution is -0.253. The number of piperidine rings is 1. The molecular weight excluding hydrogens is 330 g/mol. The summed E-state index contributed by atoms with van der Waals surface area (Å²) < 4.78 is 55.0. The fourth-order valence-corrected chi connectivity index (χ4v) is 2.50. The molecule has 1 aromatic carbocycles. The molecule has 1 aliphatic heterocycles. The highest BCUT2D eigenvalue weighted by atomic mass is 19.3. The molecule has 1 aromatic rings. The van der Waals surface area contributed by atoms with Crippen molar-refractivity contribution in [3.63, 3.8) is 0 Å². The van der Waals surface area contributed by atoms with Gasteiger partial charge in [-0.15, -0.1) is 0 Å². The van der Waals surface area contributed by atoms with E-state index in [4.69, 9.17) is 0 Å². The zero-order valence-electron chi connectivity index (χ0n) is 13.3. The van der Waals surface area contributed by atoms with Gasteiger partial charge in [0.2, 0.25) is 0 Å².